The minimum Gasteiger partial charge on any atom is -0.332 e. The van der Waals surface area contributed by atoms with Gasteiger partial charge in [-0.05, 0) is 48.7 Å². The third kappa shape index (κ3) is 5.71. The van der Waals surface area contributed by atoms with Crippen LogP contribution in [0.15, 0.2) is 48.5 Å². The molecule has 2 amide bonds. The maximum atomic E-state index is 13.1. The van der Waals surface area contributed by atoms with Crippen LogP contribution in [0.3, 0.4) is 0 Å². The molecule has 4 nitrogen and oxygen atoms in total. The van der Waals surface area contributed by atoms with Crippen LogP contribution in [-0.2, 0) is 11.2 Å². The second-order valence-electron chi connectivity index (χ2n) is 6.02. The van der Waals surface area contributed by atoms with Crippen LogP contribution in [0.1, 0.15) is 35.7 Å². The van der Waals surface area contributed by atoms with E-state index in [1.807, 2.05) is 12.1 Å². The van der Waals surface area contributed by atoms with Crippen LogP contribution in [0.5, 0.6) is 0 Å². The summed E-state index contributed by atoms with van der Waals surface area (Å²) in [4.78, 5) is 25.8. The molecule has 0 atom stereocenters. The third-order valence-corrected chi connectivity index (χ3v) is 3.86. The summed E-state index contributed by atoms with van der Waals surface area (Å²) in [5, 5.41) is 2.58. The number of unbranched alkanes of at least 4 members (excludes halogenated alkanes) is 1. The van der Waals surface area contributed by atoms with Gasteiger partial charge in [-0.2, -0.15) is 0 Å². The van der Waals surface area contributed by atoms with Crippen molar-refractivity contribution in [1.82, 2.24) is 4.90 Å². The van der Waals surface area contributed by atoms with Crippen LogP contribution in [0.2, 0.25) is 0 Å². The number of anilines is 1. The summed E-state index contributed by atoms with van der Waals surface area (Å²) in [6, 6.07) is 13.1. The first-order valence-corrected chi connectivity index (χ1v) is 8.39. The van der Waals surface area contributed by atoms with Gasteiger partial charge in [0.05, 0.1) is 6.54 Å². The molecule has 25 heavy (non-hydrogen) atoms. The van der Waals surface area contributed by atoms with Crippen LogP contribution in [-0.4, -0.2) is 30.3 Å². The molecule has 0 aromatic heterocycles. The number of hydrogen-bond acceptors (Lipinski definition) is 2. The first-order chi connectivity index (χ1) is 12.0. The molecule has 0 bridgehead atoms. The summed E-state index contributed by atoms with van der Waals surface area (Å²) in [6.07, 6.45) is 3.24. The Morgan fingerprint density at radius 3 is 2.48 bits per heavy atom. The van der Waals surface area contributed by atoms with Crippen molar-refractivity contribution in [3.63, 3.8) is 0 Å². The van der Waals surface area contributed by atoms with Gasteiger partial charge in [0.15, 0.2) is 0 Å². The Labute approximate surface area is 147 Å². The molecule has 2 aromatic rings. The highest BCUT2D eigenvalue weighted by Gasteiger charge is 2.15. The van der Waals surface area contributed by atoms with Gasteiger partial charge in [-0.3, -0.25) is 9.59 Å². The summed E-state index contributed by atoms with van der Waals surface area (Å²) in [5.41, 5.74) is 2.11. The van der Waals surface area contributed by atoms with Crippen molar-refractivity contribution in [1.29, 1.82) is 0 Å². The molecule has 2 rings (SSSR count). The van der Waals surface area contributed by atoms with Crippen molar-refractivity contribution in [2.45, 2.75) is 26.2 Å². The Kier molecular flexibility index (Phi) is 6.69. The number of carbonyl (C=O) groups excluding carboxylic acids is 2. The number of likely N-dealkylation sites (N-methyl/N-ethyl adjacent to an activating group) is 1. The Balaban J connectivity index is 1.91. The number of carbonyl (C=O) groups is 2. The van der Waals surface area contributed by atoms with Gasteiger partial charge in [0.1, 0.15) is 5.82 Å². The van der Waals surface area contributed by atoms with E-state index >= 15 is 0 Å². The van der Waals surface area contributed by atoms with E-state index < -0.39 is 5.82 Å². The van der Waals surface area contributed by atoms with Crippen LogP contribution in [0, 0.1) is 5.82 Å². The van der Waals surface area contributed by atoms with E-state index in [1.54, 1.807) is 25.2 Å². The topological polar surface area (TPSA) is 49.4 Å². The number of rotatable bonds is 7. The maximum absolute atomic E-state index is 13.1. The van der Waals surface area contributed by atoms with Crippen molar-refractivity contribution in [2.75, 3.05) is 18.9 Å². The minimum atomic E-state index is -0.426. The molecule has 0 saturated heterocycles. The molecule has 0 saturated carbocycles. The number of aryl methyl sites for hydroxylation is 1. The second kappa shape index (κ2) is 8.97. The molecular weight excluding hydrogens is 319 g/mol. The first-order valence-electron chi connectivity index (χ1n) is 8.39. The summed E-state index contributed by atoms with van der Waals surface area (Å²) in [6.45, 7) is 2.04. The lowest BCUT2D eigenvalue weighted by Gasteiger charge is -2.17. The smallest absolute Gasteiger partial charge is 0.254 e. The fraction of sp³-hybridized carbons (Fsp3) is 0.300. The molecule has 0 radical (unpaired) electrons. The standard InChI is InChI=1S/C20H23FN2O2/c1-3-4-6-15-9-11-16(12-10-15)20(25)23(2)14-19(24)22-18-8-5-7-17(21)13-18/h5,7-13H,3-4,6,14H2,1-2H3,(H,22,24). The minimum absolute atomic E-state index is 0.104. The highest BCUT2D eigenvalue weighted by Crippen LogP contribution is 2.11. The van der Waals surface area contributed by atoms with Crippen molar-refractivity contribution < 1.29 is 14.0 Å². The first kappa shape index (κ1) is 18.6. The van der Waals surface area contributed by atoms with Gasteiger partial charge in [0.25, 0.3) is 5.91 Å². The molecule has 0 aliphatic rings. The van der Waals surface area contributed by atoms with E-state index in [0.29, 0.717) is 11.3 Å². The van der Waals surface area contributed by atoms with Gasteiger partial charge < -0.3 is 10.2 Å². The second-order valence-corrected chi connectivity index (χ2v) is 6.02. The van der Waals surface area contributed by atoms with E-state index in [1.165, 1.54) is 28.7 Å². The lowest BCUT2D eigenvalue weighted by molar-refractivity contribution is -0.116. The molecule has 2 aromatic carbocycles. The average molecular weight is 342 g/mol. The van der Waals surface area contributed by atoms with Gasteiger partial charge in [-0.25, -0.2) is 4.39 Å². The third-order valence-electron chi connectivity index (χ3n) is 3.86. The predicted octanol–water partition coefficient (Wildman–Crippen LogP) is 3.88. The van der Waals surface area contributed by atoms with E-state index in [9.17, 15) is 14.0 Å². The molecule has 1 N–H and O–H groups in total. The summed E-state index contributed by atoms with van der Waals surface area (Å²) >= 11 is 0. The van der Waals surface area contributed by atoms with Crippen LogP contribution >= 0.6 is 0 Å². The predicted molar refractivity (Wildman–Crippen MR) is 97.0 cm³/mol. The van der Waals surface area contributed by atoms with Crippen molar-refractivity contribution in [3.05, 3.63) is 65.5 Å². The number of amides is 2. The zero-order chi connectivity index (χ0) is 18.2. The average Bonchev–Trinajstić information content (AvgIpc) is 2.59. The monoisotopic (exact) mass is 342 g/mol. The number of nitrogens with one attached hydrogen (secondary N) is 1. The van der Waals surface area contributed by atoms with Crippen molar-refractivity contribution in [3.8, 4) is 0 Å². The number of nitrogens with zero attached hydrogens (tertiary/aromatic N) is 1. The van der Waals surface area contributed by atoms with Crippen molar-refractivity contribution >= 4 is 17.5 Å². The molecular formula is C20H23FN2O2. The molecule has 0 unspecified atom stereocenters. The fourth-order valence-corrected chi connectivity index (χ4v) is 2.47. The van der Waals surface area contributed by atoms with Crippen LogP contribution in [0.25, 0.3) is 0 Å². The largest absolute Gasteiger partial charge is 0.332 e. The van der Waals surface area contributed by atoms with E-state index in [0.717, 1.165) is 19.3 Å². The van der Waals surface area contributed by atoms with Gasteiger partial charge in [0, 0.05) is 18.3 Å². The summed E-state index contributed by atoms with van der Waals surface area (Å²) < 4.78 is 13.1. The molecule has 0 spiro atoms. The zero-order valence-electron chi connectivity index (χ0n) is 14.6. The molecule has 132 valence electrons. The lowest BCUT2D eigenvalue weighted by Crippen LogP contribution is -2.34. The van der Waals surface area contributed by atoms with Gasteiger partial charge >= 0.3 is 0 Å². The Morgan fingerprint density at radius 1 is 1.12 bits per heavy atom. The molecule has 0 fully saturated rings. The normalized spacial score (nSPS) is 10.4. The number of hydrogen-bond donors (Lipinski definition) is 1. The van der Waals surface area contributed by atoms with Gasteiger partial charge in [0.2, 0.25) is 5.91 Å². The maximum Gasteiger partial charge on any atom is 0.254 e. The van der Waals surface area contributed by atoms with E-state index in [2.05, 4.69) is 12.2 Å². The lowest BCUT2D eigenvalue weighted by atomic mass is 10.1. The SMILES string of the molecule is CCCCc1ccc(C(=O)N(C)CC(=O)Nc2cccc(F)c2)cc1. The molecule has 0 heterocycles. The van der Waals surface area contributed by atoms with Gasteiger partial charge in [-0.1, -0.05) is 31.5 Å². The number of benzene rings is 2. The Hall–Kier alpha value is -2.69. The van der Waals surface area contributed by atoms with Crippen LogP contribution < -0.4 is 5.32 Å². The highest BCUT2D eigenvalue weighted by atomic mass is 19.1. The summed E-state index contributed by atoms with van der Waals surface area (Å²) in [7, 11) is 1.57. The number of halogens is 1. The molecule has 0 aliphatic carbocycles. The Morgan fingerprint density at radius 2 is 1.84 bits per heavy atom. The van der Waals surface area contributed by atoms with Crippen molar-refractivity contribution in [2.24, 2.45) is 0 Å². The zero-order valence-corrected chi connectivity index (χ0v) is 14.6. The summed E-state index contributed by atoms with van der Waals surface area (Å²) in [5.74, 6) is -1.03. The quantitative estimate of drug-likeness (QED) is 0.830. The van der Waals surface area contributed by atoms with E-state index in [4.69, 9.17) is 0 Å². The van der Waals surface area contributed by atoms with E-state index in [-0.39, 0.29) is 18.4 Å². The Bertz CT molecular complexity index is 729. The fourth-order valence-electron chi connectivity index (χ4n) is 2.47. The van der Waals surface area contributed by atoms with Gasteiger partial charge in [-0.15, -0.1) is 0 Å². The highest BCUT2D eigenvalue weighted by molar-refractivity contribution is 5.99. The molecule has 0 aliphatic heterocycles. The van der Waals surface area contributed by atoms with Crippen LogP contribution in [0.4, 0.5) is 10.1 Å². The molecule has 5 heteroatoms.